The number of nitrogens with one attached hydrogen (secondary N) is 2. The molecule has 0 aliphatic carbocycles. The fourth-order valence-corrected chi connectivity index (χ4v) is 4.72. The SMILES string of the molecule is O=C(Nc1cccc(SC(C(=O)Nc2ccccc2Br)c2ccccc2)c1)c1ccc(F)cc1. The summed E-state index contributed by atoms with van der Waals surface area (Å²) >= 11 is 4.86. The standard InChI is InChI=1S/C27H20BrFN2O2S/c28-23-11-4-5-12-24(23)31-27(33)25(18-7-2-1-3-8-18)34-22-10-6-9-21(17-22)30-26(32)19-13-15-20(29)16-14-19/h1-17,25H,(H,30,32)(H,31,33). The van der Waals surface area contributed by atoms with Crippen molar-refractivity contribution in [2.75, 3.05) is 10.6 Å². The summed E-state index contributed by atoms with van der Waals surface area (Å²) in [6.07, 6.45) is 0. The molecule has 0 saturated heterocycles. The Kier molecular flexibility index (Phi) is 7.77. The second-order valence-corrected chi connectivity index (χ2v) is 9.40. The van der Waals surface area contributed by atoms with E-state index < -0.39 is 11.1 Å². The Bertz CT molecular complexity index is 1300. The molecule has 0 aliphatic heterocycles. The molecule has 0 fully saturated rings. The van der Waals surface area contributed by atoms with Crippen LogP contribution in [0.1, 0.15) is 21.2 Å². The van der Waals surface area contributed by atoms with Crippen LogP contribution in [0.25, 0.3) is 0 Å². The fraction of sp³-hybridized carbons (Fsp3) is 0.0370. The third kappa shape index (κ3) is 6.12. The van der Waals surface area contributed by atoms with E-state index in [9.17, 15) is 14.0 Å². The lowest BCUT2D eigenvalue weighted by Crippen LogP contribution is -2.19. The Morgan fingerprint density at radius 3 is 2.24 bits per heavy atom. The molecule has 4 rings (SSSR count). The first-order valence-electron chi connectivity index (χ1n) is 10.4. The minimum atomic E-state index is -0.517. The number of rotatable bonds is 7. The number of benzene rings is 4. The van der Waals surface area contributed by atoms with E-state index >= 15 is 0 Å². The van der Waals surface area contributed by atoms with Gasteiger partial charge in [0.1, 0.15) is 11.1 Å². The van der Waals surface area contributed by atoms with Gasteiger partial charge in [0.15, 0.2) is 0 Å². The number of para-hydroxylation sites is 1. The number of anilines is 2. The third-order valence-corrected chi connectivity index (χ3v) is 6.86. The number of halogens is 2. The van der Waals surface area contributed by atoms with E-state index in [1.54, 1.807) is 6.07 Å². The molecule has 1 atom stereocenters. The highest BCUT2D eigenvalue weighted by Gasteiger charge is 2.23. The lowest BCUT2D eigenvalue weighted by atomic mass is 10.1. The number of hydrogen-bond acceptors (Lipinski definition) is 3. The Morgan fingerprint density at radius 1 is 0.794 bits per heavy atom. The Balaban J connectivity index is 1.54. The van der Waals surface area contributed by atoms with Crippen LogP contribution in [0, 0.1) is 5.82 Å². The summed E-state index contributed by atoms with van der Waals surface area (Å²) in [4.78, 5) is 26.6. The van der Waals surface area contributed by atoms with Crippen molar-refractivity contribution in [3.63, 3.8) is 0 Å². The molecule has 0 heterocycles. The first kappa shape index (κ1) is 23.7. The van der Waals surface area contributed by atoms with Crippen molar-refractivity contribution in [1.82, 2.24) is 0 Å². The topological polar surface area (TPSA) is 58.2 Å². The van der Waals surface area contributed by atoms with E-state index in [-0.39, 0.29) is 11.8 Å². The maximum atomic E-state index is 13.3. The highest BCUT2D eigenvalue weighted by molar-refractivity contribution is 9.10. The molecule has 0 spiro atoms. The van der Waals surface area contributed by atoms with Crippen LogP contribution < -0.4 is 10.6 Å². The normalized spacial score (nSPS) is 11.5. The minimum Gasteiger partial charge on any atom is -0.324 e. The number of carbonyl (C=O) groups excluding carboxylic acids is 2. The summed E-state index contributed by atoms with van der Waals surface area (Å²) in [6.45, 7) is 0. The molecule has 0 aromatic heterocycles. The number of thioether (sulfide) groups is 1. The van der Waals surface area contributed by atoms with E-state index in [2.05, 4.69) is 26.6 Å². The Labute approximate surface area is 209 Å². The molecule has 4 aromatic rings. The summed E-state index contributed by atoms with van der Waals surface area (Å²) in [5.74, 6) is -0.903. The lowest BCUT2D eigenvalue weighted by Gasteiger charge is -2.18. The van der Waals surface area contributed by atoms with Crippen molar-refractivity contribution in [3.05, 3.63) is 125 Å². The van der Waals surface area contributed by atoms with Gasteiger partial charge in [-0.1, -0.05) is 48.5 Å². The van der Waals surface area contributed by atoms with Gasteiger partial charge in [0.05, 0.1) is 5.69 Å². The van der Waals surface area contributed by atoms with E-state index in [1.165, 1.54) is 36.0 Å². The molecular formula is C27H20BrFN2O2S. The van der Waals surface area contributed by atoms with Gasteiger partial charge in [-0.15, -0.1) is 11.8 Å². The Morgan fingerprint density at radius 2 is 1.50 bits per heavy atom. The molecule has 2 amide bonds. The molecule has 4 aromatic carbocycles. The molecule has 0 radical (unpaired) electrons. The van der Waals surface area contributed by atoms with Gasteiger partial charge in [0.25, 0.3) is 5.91 Å². The highest BCUT2D eigenvalue weighted by Crippen LogP contribution is 2.37. The smallest absolute Gasteiger partial charge is 0.255 e. The quantitative estimate of drug-likeness (QED) is 0.244. The monoisotopic (exact) mass is 534 g/mol. The van der Waals surface area contributed by atoms with Crippen molar-refractivity contribution in [2.45, 2.75) is 10.1 Å². The van der Waals surface area contributed by atoms with Gasteiger partial charge < -0.3 is 10.6 Å². The van der Waals surface area contributed by atoms with E-state index in [0.717, 1.165) is 14.9 Å². The predicted molar refractivity (Wildman–Crippen MR) is 139 cm³/mol. The first-order valence-corrected chi connectivity index (χ1v) is 12.1. The Hall–Kier alpha value is -3.42. The summed E-state index contributed by atoms with van der Waals surface area (Å²) < 4.78 is 13.9. The second kappa shape index (κ2) is 11.1. The van der Waals surface area contributed by atoms with Gasteiger partial charge in [-0.05, 0) is 76.1 Å². The molecule has 34 heavy (non-hydrogen) atoms. The van der Waals surface area contributed by atoms with Crippen LogP contribution in [0.3, 0.4) is 0 Å². The summed E-state index contributed by atoms with van der Waals surface area (Å²) in [5, 5.41) is 5.30. The first-order chi connectivity index (χ1) is 16.5. The van der Waals surface area contributed by atoms with Crippen LogP contribution in [-0.4, -0.2) is 11.8 Å². The maximum Gasteiger partial charge on any atom is 0.255 e. The second-order valence-electron chi connectivity index (χ2n) is 7.37. The average molecular weight is 535 g/mol. The molecule has 4 nitrogen and oxygen atoms in total. The molecular weight excluding hydrogens is 515 g/mol. The largest absolute Gasteiger partial charge is 0.324 e. The van der Waals surface area contributed by atoms with Gasteiger partial charge in [0.2, 0.25) is 5.91 Å². The summed E-state index contributed by atoms with van der Waals surface area (Å²) in [6, 6.07) is 29.6. The molecule has 0 saturated carbocycles. The van der Waals surface area contributed by atoms with Crippen molar-refractivity contribution >= 4 is 50.9 Å². The fourth-order valence-electron chi connectivity index (χ4n) is 3.25. The van der Waals surface area contributed by atoms with Gasteiger partial charge in [-0.2, -0.15) is 0 Å². The van der Waals surface area contributed by atoms with Crippen LogP contribution in [0.5, 0.6) is 0 Å². The molecule has 2 N–H and O–H groups in total. The van der Waals surface area contributed by atoms with Crippen molar-refractivity contribution in [1.29, 1.82) is 0 Å². The third-order valence-electron chi connectivity index (χ3n) is 4.92. The van der Waals surface area contributed by atoms with Crippen LogP contribution in [0.2, 0.25) is 0 Å². The number of hydrogen-bond donors (Lipinski definition) is 2. The van der Waals surface area contributed by atoms with Crippen LogP contribution >= 0.6 is 27.7 Å². The van der Waals surface area contributed by atoms with E-state index in [1.807, 2.05) is 72.8 Å². The molecule has 0 aliphatic rings. The zero-order valence-electron chi connectivity index (χ0n) is 17.9. The zero-order valence-corrected chi connectivity index (χ0v) is 20.3. The summed E-state index contributed by atoms with van der Waals surface area (Å²) in [7, 11) is 0. The number of amides is 2. The zero-order chi connectivity index (χ0) is 23.9. The maximum absolute atomic E-state index is 13.3. The highest BCUT2D eigenvalue weighted by atomic mass is 79.9. The van der Waals surface area contributed by atoms with Crippen LogP contribution in [0.15, 0.2) is 112 Å². The molecule has 0 bridgehead atoms. The summed E-state index contributed by atoms with van der Waals surface area (Å²) in [5.41, 5.74) is 2.49. The van der Waals surface area contributed by atoms with Crippen molar-refractivity contribution in [2.24, 2.45) is 0 Å². The van der Waals surface area contributed by atoms with Crippen molar-refractivity contribution in [3.8, 4) is 0 Å². The molecule has 1 unspecified atom stereocenters. The molecule has 7 heteroatoms. The van der Waals surface area contributed by atoms with E-state index in [4.69, 9.17) is 0 Å². The predicted octanol–water partition coefficient (Wildman–Crippen LogP) is 7.31. The minimum absolute atomic E-state index is 0.163. The van der Waals surface area contributed by atoms with Crippen LogP contribution in [-0.2, 0) is 4.79 Å². The average Bonchev–Trinajstić information content (AvgIpc) is 2.85. The lowest BCUT2D eigenvalue weighted by molar-refractivity contribution is -0.115. The van der Waals surface area contributed by atoms with Gasteiger partial charge in [0, 0.05) is 20.6 Å². The van der Waals surface area contributed by atoms with Crippen LogP contribution in [0.4, 0.5) is 15.8 Å². The van der Waals surface area contributed by atoms with Gasteiger partial charge in [-0.3, -0.25) is 9.59 Å². The van der Waals surface area contributed by atoms with E-state index in [0.29, 0.717) is 16.9 Å². The van der Waals surface area contributed by atoms with Gasteiger partial charge >= 0.3 is 0 Å². The van der Waals surface area contributed by atoms with Gasteiger partial charge in [-0.25, -0.2) is 4.39 Å². The number of carbonyl (C=O) groups is 2. The molecule has 170 valence electrons. The van der Waals surface area contributed by atoms with Crippen molar-refractivity contribution < 1.29 is 14.0 Å².